The van der Waals surface area contributed by atoms with Gasteiger partial charge in [-0.3, -0.25) is 14.3 Å². The van der Waals surface area contributed by atoms with Crippen molar-refractivity contribution in [2.45, 2.75) is 31.7 Å². The summed E-state index contributed by atoms with van der Waals surface area (Å²) in [6, 6.07) is 1.26. The average molecular weight is 398 g/mol. The fourth-order valence-electron chi connectivity index (χ4n) is 3.57. The molecule has 1 fully saturated rings. The molecule has 1 aliphatic rings. The van der Waals surface area contributed by atoms with Crippen LogP contribution < -0.4 is 0 Å². The molecule has 1 saturated heterocycles. The fraction of sp³-hybridized carbons (Fsp3) is 0.529. The van der Waals surface area contributed by atoms with Crippen molar-refractivity contribution in [3.63, 3.8) is 0 Å². The number of carbonyl (C=O) groups is 2. The Labute approximate surface area is 159 Å². The Morgan fingerprint density at radius 1 is 1.32 bits per heavy atom. The molecule has 2 atom stereocenters. The summed E-state index contributed by atoms with van der Waals surface area (Å²) in [5, 5.41) is 4.10. The van der Waals surface area contributed by atoms with Crippen LogP contribution in [0.2, 0.25) is 0 Å². The highest BCUT2D eigenvalue weighted by molar-refractivity contribution is 5.90. The van der Waals surface area contributed by atoms with Crippen LogP contribution in [0.15, 0.2) is 24.7 Å². The summed E-state index contributed by atoms with van der Waals surface area (Å²) in [5.41, 5.74) is 0.721. The van der Waals surface area contributed by atoms with Crippen molar-refractivity contribution in [2.24, 2.45) is 13.0 Å². The van der Waals surface area contributed by atoms with E-state index >= 15 is 0 Å². The van der Waals surface area contributed by atoms with E-state index in [-0.39, 0.29) is 30.6 Å². The highest BCUT2D eigenvalue weighted by Crippen LogP contribution is 2.37. The third-order valence-corrected chi connectivity index (χ3v) is 4.97. The topological polar surface area (TPSA) is 76.3 Å². The Morgan fingerprint density at radius 3 is 2.64 bits per heavy atom. The molecular formula is C17H21F3N6O2. The highest BCUT2D eigenvalue weighted by Gasteiger charge is 2.45. The molecule has 0 aliphatic carbocycles. The van der Waals surface area contributed by atoms with Crippen molar-refractivity contribution in [3.8, 4) is 0 Å². The molecule has 0 bridgehead atoms. The van der Waals surface area contributed by atoms with Crippen LogP contribution in [0.3, 0.4) is 0 Å². The number of carbonyl (C=O) groups excluding carboxylic acids is 2. The molecule has 0 saturated carbocycles. The summed E-state index contributed by atoms with van der Waals surface area (Å²) in [6.07, 6.45) is -0.266. The van der Waals surface area contributed by atoms with Gasteiger partial charge in [-0.2, -0.15) is 18.3 Å². The molecule has 28 heavy (non-hydrogen) atoms. The lowest BCUT2D eigenvalue weighted by molar-refractivity contribution is -0.141. The number of nitrogens with zero attached hydrogens (tertiary/aromatic N) is 6. The Morgan fingerprint density at radius 2 is 2.04 bits per heavy atom. The molecular weight excluding hydrogens is 377 g/mol. The van der Waals surface area contributed by atoms with Gasteiger partial charge in [0.05, 0.1) is 24.2 Å². The number of aromatic nitrogens is 4. The Bertz CT molecular complexity index is 874. The van der Waals surface area contributed by atoms with E-state index in [9.17, 15) is 22.8 Å². The first kappa shape index (κ1) is 19.9. The molecule has 1 aliphatic heterocycles. The molecule has 0 spiro atoms. The quantitative estimate of drug-likeness (QED) is 0.762. The molecule has 152 valence electrons. The third-order valence-electron chi connectivity index (χ3n) is 4.97. The lowest BCUT2D eigenvalue weighted by Crippen LogP contribution is -2.37. The molecule has 2 amide bonds. The molecule has 11 heteroatoms. The third kappa shape index (κ3) is 3.87. The van der Waals surface area contributed by atoms with Crippen LogP contribution >= 0.6 is 0 Å². The van der Waals surface area contributed by atoms with Crippen molar-refractivity contribution in [1.29, 1.82) is 0 Å². The average Bonchev–Trinajstić information content (AvgIpc) is 3.27. The zero-order chi connectivity index (χ0) is 20.6. The van der Waals surface area contributed by atoms with E-state index in [0.29, 0.717) is 0 Å². The van der Waals surface area contributed by atoms with E-state index in [1.807, 2.05) is 0 Å². The number of imidazole rings is 1. The number of likely N-dealkylation sites (tertiary alicyclic amines) is 1. The molecule has 2 unspecified atom stereocenters. The standard InChI is InChI=1S/C17H21F3N6O2/c1-23(9-13-21-6-7-26(13)10-17(18,19)20)16(28)11-8-14(27)24(2)15(11)12-4-5-22-25(12)3/h4-7,11,15H,8-10H2,1-3H3. The van der Waals surface area contributed by atoms with Crippen LogP contribution in [-0.4, -0.2) is 61.2 Å². The minimum atomic E-state index is -4.39. The van der Waals surface area contributed by atoms with Gasteiger partial charge >= 0.3 is 6.18 Å². The second-order valence-corrected chi connectivity index (χ2v) is 6.92. The van der Waals surface area contributed by atoms with Crippen molar-refractivity contribution in [1.82, 2.24) is 29.1 Å². The molecule has 0 aromatic carbocycles. The summed E-state index contributed by atoms with van der Waals surface area (Å²) in [5.74, 6) is -1.02. The van der Waals surface area contributed by atoms with Gasteiger partial charge in [-0.25, -0.2) is 4.98 Å². The number of hydrogen-bond acceptors (Lipinski definition) is 4. The predicted molar refractivity (Wildman–Crippen MR) is 91.6 cm³/mol. The first-order chi connectivity index (χ1) is 13.1. The Balaban J connectivity index is 1.78. The molecule has 3 rings (SSSR count). The number of alkyl halides is 3. The van der Waals surface area contributed by atoms with Crippen LogP contribution in [0.1, 0.15) is 24.0 Å². The summed E-state index contributed by atoms with van der Waals surface area (Å²) >= 11 is 0. The van der Waals surface area contributed by atoms with Crippen LogP contribution in [0, 0.1) is 5.92 Å². The van der Waals surface area contributed by atoms with E-state index in [1.165, 1.54) is 29.2 Å². The van der Waals surface area contributed by atoms with Crippen molar-refractivity contribution >= 4 is 11.8 Å². The SMILES string of the molecule is CN(Cc1nccn1CC(F)(F)F)C(=O)C1CC(=O)N(C)C1c1ccnn1C. The molecule has 0 radical (unpaired) electrons. The van der Waals surface area contributed by atoms with Crippen molar-refractivity contribution in [2.75, 3.05) is 14.1 Å². The van der Waals surface area contributed by atoms with Crippen molar-refractivity contribution in [3.05, 3.63) is 36.2 Å². The molecule has 0 N–H and O–H groups in total. The van der Waals surface area contributed by atoms with Crippen LogP contribution in [0.25, 0.3) is 0 Å². The van der Waals surface area contributed by atoms with Gasteiger partial charge < -0.3 is 14.4 Å². The van der Waals surface area contributed by atoms with Gasteiger partial charge in [0.25, 0.3) is 0 Å². The summed E-state index contributed by atoms with van der Waals surface area (Å²) in [7, 11) is 4.85. The maximum atomic E-state index is 13.0. The van der Waals surface area contributed by atoms with Gasteiger partial charge in [0.1, 0.15) is 12.4 Å². The molecule has 2 aromatic heterocycles. The Hall–Kier alpha value is -2.85. The summed E-state index contributed by atoms with van der Waals surface area (Å²) < 4.78 is 40.7. The maximum Gasteiger partial charge on any atom is 0.406 e. The number of halogens is 3. The van der Waals surface area contributed by atoms with Crippen LogP contribution in [0.5, 0.6) is 0 Å². The first-order valence-electron chi connectivity index (χ1n) is 8.64. The van der Waals surface area contributed by atoms with Gasteiger partial charge in [-0.15, -0.1) is 0 Å². The van der Waals surface area contributed by atoms with Gasteiger partial charge in [0.15, 0.2) is 0 Å². The van der Waals surface area contributed by atoms with E-state index < -0.39 is 24.7 Å². The number of hydrogen-bond donors (Lipinski definition) is 0. The van der Waals surface area contributed by atoms with Crippen molar-refractivity contribution < 1.29 is 22.8 Å². The van der Waals surface area contributed by atoms with E-state index in [2.05, 4.69) is 10.1 Å². The molecule has 8 nitrogen and oxygen atoms in total. The second-order valence-electron chi connectivity index (χ2n) is 6.92. The van der Waals surface area contributed by atoms with Gasteiger partial charge in [0.2, 0.25) is 11.8 Å². The van der Waals surface area contributed by atoms with E-state index in [1.54, 1.807) is 31.0 Å². The minimum absolute atomic E-state index is 0.0342. The van der Waals surface area contributed by atoms with Gasteiger partial charge in [0, 0.05) is 46.2 Å². The van der Waals surface area contributed by atoms with E-state index in [0.717, 1.165) is 10.3 Å². The maximum absolute atomic E-state index is 13.0. The second kappa shape index (κ2) is 7.28. The fourth-order valence-corrected chi connectivity index (χ4v) is 3.57. The largest absolute Gasteiger partial charge is 0.406 e. The molecule has 3 heterocycles. The zero-order valence-corrected chi connectivity index (χ0v) is 15.7. The number of rotatable bonds is 5. The minimum Gasteiger partial charge on any atom is -0.338 e. The smallest absolute Gasteiger partial charge is 0.338 e. The lowest BCUT2D eigenvalue weighted by Gasteiger charge is -2.27. The predicted octanol–water partition coefficient (Wildman–Crippen LogP) is 1.36. The normalized spacial score (nSPS) is 20.1. The van der Waals surface area contributed by atoms with E-state index in [4.69, 9.17) is 0 Å². The highest BCUT2D eigenvalue weighted by atomic mass is 19.4. The monoisotopic (exact) mass is 398 g/mol. The van der Waals surface area contributed by atoms with Crippen LogP contribution in [-0.2, 0) is 29.7 Å². The van der Waals surface area contributed by atoms with Gasteiger partial charge in [-0.1, -0.05) is 0 Å². The Kier molecular flexibility index (Phi) is 5.18. The zero-order valence-electron chi connectivity index (χ0n) is 15.7. The van der Waals surface area contributed by atoms with Crippen LogP contribution in [0.4, 0.5) is 13.2 Å². The summed E-state index contributed by atoms with van der Waals surface area (Å²) in [4.78, 5) is 32.0. The first-order valence-corrected chi connectivity index (χ1v) is 8.64. The lowest BCUT2D eigenvalue weighted by atomic mass is 9.96. The molecule has 2 aromatic rings. The van der Waals surface area contributed by atoms with Gasteiger partial charge in [-0.05, 0) is 6.07 Å². The summed E-state index contributed by atoms with van der Waals surface area (Å²) in [6.45, 7) is -1.26. The number of amides is 2. The number of aryl methyl sites for hydroxylation is 1.